The highest BCUT2D eigenvalue weighted by molar-refractivity contribution is 7.89. The molecule has 0 aromatic heterocycles. The molecule has 1 fully saturated rings. The van der Waals surface area contributed by atoms with Gasteiger partial charge >= 0.3 is 0 Å². The average molecular weight is 498 g/mol. The minimum atomic E-state index is -3.85. The number of morpholine rings is 1. The molecule has 3 rings (SSSR count). The monoisotopic (exact) mass is 497 g/mol. The Labute approximate surface area is 199 Å². The van der Waals surface area contributed by atoms with E-state index in [9.17, 15) is 17.6 Å². The van der Waals surface area contributed by atoms with Crippen LogP contribution in [0, 0.1) is 5.82 Å². The Morgan fingerprint density at radius 3 is 2.36 bits per heavy atom. The number of halogens is 2. The molecule has 0 spiro atoms. The van der Waals surface area contributed by atoms with Crippen molar-refractivity contribution in [2.75, 3.05) is 36.4 Å². The van der Waals surface area contributed by atoms with Crippen molar-refractivity contribution >= 4 is 38.9 Å². The lowest BCUT2D eigenvalue weighted by molar-refractivity contribution is -0.00539. The van der Waals surface area contributed by atoms with Crippen molar-refractivity contribution in [2.45, 2.75) is 44.8 Å². The van der Waals surface area contributed by atoms with E-state index < -0.39 is 21.7 Å². The number of sulfonamides is 1. The van der Waals surface area contributed by atoms with E-state index in [0.717, 1.165) is 0 Å². The first-order valence-corrected chi connectivity index (χ1v) is 12.7. The summed E-state index contributed by atoms with van der Waals surface area (Å²) in [5, 5.41) is 2.66. The molecule has 180 valence electrons. The molecular formula is C23H29ClFN3O4S. The molecule has 1 saturated heterocycles. The first-order valence-electron chi connectivity index (χ1n) is 10.9. The third kappa shape index (κ3) is 5.66. The van der Waals surface area contributed by atoms with E-state index >= 15 is 0 Å². The van der Waals surface area contributed by atoms with Crippen molar-refractivity contribution in [3.8, 4) is 0 Å². The van der Waals surface area contributed by atoms with Crippen LogP contribution >= 0.6 is 11.6 Å². The lowest BCUT2D eigenvalue weighted by atomic mass is 10.1. The molecule has 0 radical (unpaired) electrons. The minimum absolute atomic E-state index is 0.0146. The van der Waals surface area contributed by atoms with Crippen molar-refractivity contribution in [3.63, 3.8) is 0 Å². The highest BCUT2D eigenvalue weighted by Gasteiger charge is 2.26. The van der Waals surface area contributed by atoms with E-state index in [2.05, 4.69) is 5.32 Å². The number of amides is 1. The Hall–Kier alpha value is -2.20. The third-order valence-corrected chi connectivity index (χ3v) is 8.01. The van der Waals surface area contributed by atoms with Gasteiger partial charge in [-0.25, -0.2) is 12.8 Å². The maximum Gasteiger partial charge on any atom is 0.255 e. The summed E-state index contributed by atoms with van der Waals surface area (Å²) in [6.07, 6.45) is -0.0292. The predicted octanol–water partition coefficient (Wildman–Crippen LogP) is 4.38. The minimum Gasteiger partial charge on any atom is -0.372 e. The maximum absolute atomic E-state index is 14.8. The van der Waals surface area contributed by atoms with E-state index in [-0.39, 0.29) is 46.5 Å². The molecule has 1 N–H and O–H groups in total. The van der Waals surface area contributed by atoms with Crippen molar-refractivity contribution in [1.82, 2.24) is 4.31 Å². The topological polar surface area (TPSA) is 79.0 Å². The van der Waals surface area contributed by atoms with Crippen molar-refractivity contribution in [3.05, 3.63) is 52.8 Å². The van der Waals surface area contributed by atoms with Crippen LogP contribution in [0.5, 0.6) is 0 Å². The molecule has 0 saturated carbocycles. The van der Waals surface area contributed by atoms with Crippen LogP contribution in [0.25, 0.3) is 0 Å². The molecule has 2 unspecified atom stereocenters. The molecule has 1 aliphatic heterocycles. The number of nitrogens with one attached hydrogen (secondary N) is 1. The van der Waals surface area contributed by atoms with Gasteiger partial charge in [-0.2, -0.15) is 4.31 Å². The molecule has 2 aromatic carbocycles. The van der Waals surface area contributed by atoms with Gasteiger partial charge in [0.1, 0.15) is 10.7 Å². The van der Waals surface area contributed by atoms with Gasteiger partial charge in [-0.05, 0) is 50.2 Å². The first-order chi connectivity index (χ1) is 15.6. The highest BCUT2D eigenvalue weighted by atomic mass is 35.5. The first kappa shape index (κ1) is 25.4. The fourth-order valence-electron chi connectivity index (χ4n) is 3.96. The standard InChI is InChI=1S/C23H29ClFN3O4S/c1-5-28(6-2)33(30,31)22-11-17(7-9-19(22)24)23(29)26-18-8-10-21(20(25)12-18)27-13-15(3)32-16(4)14-27/h7-12,15-16H,5-6,13-14H2,1-4H3,(H,26,29). The molecule has 10 heteroatoms. The summed E-state index contributed by atoms with van der Waals surface area (Å²) in [6.45, 7) is 9.02. The summed E-state index contributed by atoms with van der Waals surface area (Å²) in [6, 6.07) is 8.53. The van der Waals surface area contributed by atoms with Gasteiger partial charge in [-0.15, -0.1) is 0 Å². The second-order valence-corrected chi connectivity index (χ2v) is 10.3. The third-order valence-electron chi connectivity index (χ3n) is 5.48. The van der Waals surface area contributed by atoms with E-state index in [0.29, 0.717) is 18.8 Å². The van der Waals surface area contributed by atoms with Crippen molar-refractivity contribution in [2.24, 2.45) is 0 Å². The van der Waals surface area contributed by atoms with Crippen LogP contribution in [0.3, 0.4) is 0 Å². The largest absolute Gasteiger partial charge is 0.372 e. The SMILES string of the molecule is CCN(CC)S(=O)(=O)c1cc(C(=O)Nc2ccc(N3CC(C)OC(C)C3)c(F)c2)ccc1Cl. The van der Waals surface area contributed by atoms with Gasteiger partial charge in [0.25, 0.3) is 5.91 Å². The van der Waals surface area contributed by atoms with Gasteiger partial charge in [0.15, 0.2) is 0 Å². The van der Waals surface area contributed by atoms with Gasteiger partial charge in [-0.1, -0.05) is 25.4 Å². The highest BCUT2D eigenvalue weighted by Crippen LogP contribution is 2.28. The fourth-order valence-corrected chi connectivity index (χ4v) is 5.92. The van der Waals surface area contributed by atoms with Gasteiger partial charge in [0.2, 0.25) is 10.0 Å². The normalized spacial score (nSPS) is 19.1. The Balaban J connectivity index is 1.81. The molecule has 33 heavy (non-hydrogen) atoms. The Morgan fingerprint density at radius 2 is 1.79 bits per heavy atom. The van der Waals surface area contributed by atoms with E-state index in [1.165, 1.54) is 28.6 Å². The number of ether oxygens (including phenoxy) is 1. The zero-order valence-corrected chi connectivity index (χ0v) is 20.7. The molecule has 1 amide bonds. The van der Waals surface area contributed by atoms with Crippen LogP contribution in [-0.4, -0.2) is 57.0 Å². The quantitative estimate of drug-likeness (QED) is 0.614. The molecule has 0 aliphatic carbocycles. The second-order valence-electron chi connectivity index (χ2n) is 8.02. The van der Waals surface area contributed by atoms with Crippen molar-refractivity contribution in [1.29, 1.82) is 0 Å². The number of hydrogen-bond acceptors (Lipinski definition) is 5. The Bertz CT molecular complexity index is 1110. The summed E-state index contributed by atoms with van der Waals surface area (Å²) >= 11 is 6.14. The average Bonchev–Trinajstić information content (AvgIpc) is 2.74. The smallest absolute Gasteiger partial charge is 0.255 e. The summed E-state index contributed by atoms with van der Waals surface area (Å²) in [4.78, 5) is 14.6. The van der Waals surface area contributed by atoms with E-state index in [1.807, 2.05) is 18.7 Å². The van der Waals surface area contributed by atoms with Gasteiger partial charge < -0.3 is 15.0 Å². The van der Waals surface area contributed by atoms with E-state index in [1.54, 1.807) is 26.0 Å². The molecule has 0 bridgehead atoms. The van der Waals surface area contributed by atoms with Crippen LogP contribution in [0.15, 0.2) is 41.3 Å². The number of carbonyl (C=O) groups is 1. The summed E-state index contributed by atoms with van der Waals surface area (Å²) in [5.41, 5.74) is 0.804. The van der Waals surface area contributed by atoms with Gasteiger partial charge in [0, 0.05) is 37.4 Å². The summed E-state index contributed by atoms with van der Waals surface area (Å²) in [7, 11) is -3.85. The van der Waals surface area contributed by atoms with Crippen molar-refractivity contribution < 1.29 is 22.3 Å². The molecule has 2 atom stereocenters. The summed E-state index contributed by atoms with van der Waals surface area (Å²) in [5.74, 6) is -1.03. The lowest BCUT2D eigenvalue weighted by Crippen LogP contribution is -2.45. The zero-order chi connectivity index (χ0) is 24.3. The number of nitrogens with zero attached hydrogens (tertiary/aromatic N) is 2. The molecule has 2 aromatic rings. The van der Waals surface area contributed by atoms with Crippen LogP contribution in [0.2, 0.25) is 5.02 Å². The number of anilines is 2. The zero-order valence-electron chi connectivity index (χ0n) is 19.1. The molecular weight excluding hydrogens is 469 g/mol. The van der Waals surface area contributed by atoms with E-state index in [4.69, 9.17) is 16.3 Å². The number of benzene rings is 2. The van der Waals surface area contributed by atoms with Gasteiger partial charge in [-0.3, -0.25) is 4.79 Å². The predicted molar refractivity (Wildman–Crippen MR) is 128 cm³/mol. The van der Waals surface area contributed by atoms with Gasteiger partial charge in [0.05, 0.1) is 22.9 Å². The Kier molecular flexibility index (Phi) is 8.00. The Morgan fingerprint density at radius 1 is 1.15 bits per heavy atom. The van der Waals surface area contributed by atoms with Crippen LogP contribution in [0.1, 0.15) is 38.1 Å². The maximum atomic E-state index is 14.8. The van der Waals surface area contributed by atoms with Crippen LogP contribution in [0.4, 0.5) is 15.8 Å². The molecule has 1 aliphatic rings. The van der Waals surface area contributed by atoms with Crippen LogP contribution < -0.4 is 10.2 Å². The molecule has 1 heterocycles. The fraction of sp³-hybridized carbons (Fsp3) is 0.435. The second kappa shape index (κ2) is 10.4. The lowest BCUT2D eigenvalue weighted by Gasteiger charge is -2.37. The number of rotatable bonds is 7. The summed E-state index contributed by atoms with van der Waals surface area (Å²) < 4.78 is 47.6. The number of hydrogen-bond donors (Lipinski definition) is 1. The molecule has 7 nitrogen and oxygen atoms in total. The number of carbonyl (C=O) groups excluding carboxylic acids is 1. The van der Waals surface area contributed by atoms with Crippen LogP contribution in [-0.2, 0) is 14.8 Å².